The number of nitriles is 1. The number of carbonyl (C=O) groups excluding carboxylic acids is 1. The van der Waals surface area contributed by atoms with Gasteiger partial charge in [-0.05, 0) is 57.4 Å². The molecule has 4 heterocycles. The number of halogens is 1. The van der Waals surface area contributed by atoms with Crippen LogP contribution in [0.15, 0.2) is 29.4 Å². The molecule has 0 aliphatic carbocycles. The first-order chi connectivity index (χ1) is 15.5. The molecule has 5 N–H and O–H groups in total. The number of amidine groups is 1. The molecule has 1 fully saturated rings. The number of hydrogen-bond donors (Lipinski definition) is 4. The number of nitrogens with two attached hydrogens (primary N) is 1. The van der Waals surface area contributed by atoms with Gasteiger partial charge in [-0.2, -0.15) is 5.26 Å². The quantitative estimate of drug-likeness (QED) is 0.537. The summed E-state index contributed by atoms with van der Waals surface area (Å²) in [7, 11) is -2.43. The van der Waals surface area contributed by atoms with Gasteiger partial charge in [-0.1, -0.05) is 10.5 Å². The Balaban J connectivity index is 1.68. The number of aryl methyl sites for hydroxylation is 1. The van der Waals surface area contributed by atoms with E-state index in [0.29, 0.717) is 24.1 Å². The summed E-state index contributed by atoms with van der Waals surface area (Å²) in [6.45, 7) is 5.89. The number of aromatic nitrogens is 2. The number of rotatable bonds is 3. The summed E-state index contributed by atoms with van der Waals surface area (Å²) in [5, 5.41) is 11.6. The largest absolute Gasteiger partial charge is 0.386 e. The van der Waals surface area contributed by atoms with E-state index in [0.717, 1.165) is 6.42 Å². The second-order valence-electron chi connectivity index (χ2n) is 8.83. The van der Waals surface area contributed by atoms with Gasteiger partial charge in [0.1, 0.15) is 40.5 Å². The molecule has 1 amide bonds. The van der Waals surface area contributed by atoms with Gasteiger partial charge in [-0.3, -0.25) is 14.5 Å². The van der Waals surface area contributed by atoms with E-state index < -0.39 is 32.5 Å². The second-order valence-corrected chi connectivity index (χ2v) is 11.7. The first-order valence-corrected chi connectivity index (χ1v) is 12.3. The van der Waals surface area contributed by atoms with Gasteiger partial charge in [0, 0.05) is 18.5 Å². The predicted molar refractivity (Wildman–Crippen MR) is 126 cm³/mol. The zero-order valence-electron chi connectivity index (χ0n) is 18.6. The Labute approximate surface area is 193 Å². The zero-order valence-corrected chi connectivity index (χ0v) is 19.5. The Morgan fingerprint density at radius 1 is 1.42 bits per heavy atom. The molecule has 2 aliphatic heterocycles. The molecule has 0 radical (unpaired) electrons. The number of carbonyl (C=O) groups is 1. The van der Waals surface area contributed by atoms with Gasteiger partial charge in [0.25, 0.3) is 5.91 Å². The summed E-state index contributed by atoms with van der Waals surface area (Å²) in [5.41, 5.74) is 6.10. The van der Waals surface area contributed by atoms with Crippen molar-refractivity contribution in [2.24, 2.45) is 10.7 Å². The highest BCUT2D eigenvalue weighted by molar-refractivity contribution is 8.29. The number of fused-ring (bicyclic) bond motifs is 1. The number of anilines is 1. The van der Waals surface area contributed by atoms with Crippen molar-refractivity contribution < 1.29 is 13.7 Å². The minimum atomic E-state index is -2.43. The standard InChI is InChI=1S/C22H26FN7O2S/c1-13-9-14(10-24)11-26-17(13)19(31)29-16-6-5-15(23)18(28-16)21(2)12-33(32)22(3,20(25)30-21)7-4-8-27-33/h5-6,9,11,27,32H,4,7-8,12H2,1-3H3,(H2,25,30)(H,28,29,31). The zero-order chi connectivity index (χ0) is 24.0. The minimum absolute atomic E-state index is 0.0110. The summed E-state index contributed by atoms with van der Waals surface area (Å²) in [4.78, 5) is 25.7. The van der Waals surface area contributed by atoms with E-state index >= 15 is 0 Å². The molecule has 2 aromatic heterocycles. The Morgan fingerprint density at radius 2 is 2.18 bits per heavy atom. The van der Waals surface area contributed by atoms with Crippen molar-refractivity contribution in [2.45, 2.75) is 43.9 Å². The van der Waals surface area contributed by atoms with Gasteiger partial charge < -0.3 is 15.6 Å². The van der Waals surface area contributed by atoms with Crippen molar-refractivity contribution in [1.82, 2.24) is 14.7 Å². The Bertz CT molecular complexity index is 1220. The molecule has 0 spiro atoms. The summed E-state index contributed by atoms with van der Waals surface area (Å²) >= 11 is 0. The maximum Gasteiger partial charge on any atom is 0.275 e. The molecule has 11 heteroatoms. The normalized spacial score (nSPS) is 30.8. The van der Waals surface area contributed by atoms with E-state index in [4.69, 9.17) is 11.0 Å². The highest BCUT2D eigenvalue weighted by atomic mass is 32.3. The fourth-order valence-electron chi connectivity index (χ4n) is 4.39. The molecule has 2 aromatic rings. The number of amides is 1. The molecule has 9 nitrogen and oxygen atoms in total. The van der Waals surface area contributed by atoms with Crippen LogP contribution in [-0.4, -0.2) is 43.3 Å². The van der Waals surface area contributed by atoms with Crippen LogP contribution in [-0.2, 0) is 5.54 Å². The van der Waals surface area contributed by atoms with Gasteiger partial charge in [-0.15, -0.1) is 0 Å². The third kappa shape index (κ3) is 3.84. The average molecular weight is 472 g/mol. The number of aliphatic imine (C=N–C) groups is 1. The number of nitrogens with zero attached hydrogens (tertiary/aromatic N) is 4. The van der Waals surface area contributed by atoms with Gasteiger partial charge in [0.2, 0.25) is 0 Å². The van der Waals surface area contributed by atoms with Crippen molar-refractivity contribution in [2.75, 3.05) is 17.6 Å². The van der Waals surface area contributed by atoms with Crippen LogP contribution >= 0.6 is 10.5 Å². The first kappa shape index (κ1) is 23.1. The maximum absolute atomic E-state index is 15.0. The van der Waals surface area contributed by atoms with E-state index in [-0.39, 0.29) is 28.8 Å². The summed E-state index contributed by atoms with van der Waals surface area (Å²) in [6.07, 6.45) is 2.86. The fourth-order valence-corrected chi connectivity index (χ4v) is 7.50. The number of pyridine rings is 2. The Hall–Kier alpha value is -3.07. The lowest BCUT2D eigenvalue weighted by Crippen LogP contribution is -2.60. The summed E-state index contributed by atoms with van der Waals surface area (Å²) in [6, 6.07) is 6.08. The van der Waals surface area contributed by atoms with Crippen molar-refractivity contribution in [3.63, 3.8) is 0 Å². The van der Waals surface area contributed by atoms with Crippen molar-refractivity contribution in [3.05, 3.63) is 52.7 Å². The van der Waals surface area contributed by atoms with Crippen LogP contribution in [0.1, 0.15) is 54.0 Å². The van der Waals surface area contributed by atoms with Gasteiger partial charge in [-0.25, -0.2) is 14.4 Å². The predicted octanol–water partition coefficient (Wildman–Crippen LogP) is 2.97. The lowest BCUT2D eigenvalue weighted by atomic mass is 9.96. The third-order valence-corrected chi connectivity index (χ3v) is 9.90. The van der Waals surface area contributed by atoms with Crippen LogP contribution in [0.25, 0.3) is 0 Å². The molecule has 2 aliphatic rings. The van der Waals surface area contributed by atoms with Crippen molar-refractivity contribution in [1.29, 1.82) is 5.26 Å². The molecule has 3 atom stereocenters. The van der Waals surface area contributed by atoms with E-state index in [1.54, 1.807) is 19.9 Å². The second kappa shape index (κ2) is 8.06. The third-order valence-electron chi connectivity index (χ3n) is 6.34. The summed E-state index contributed by atoms with van der Waals surface area (Å²) in [5.74, 6) is -0.612. The van der Waals surface area contributed by atoms with Crippen LogP contribution in [0.5, 0.6) is 0 Å². The molecule has 4 rings (SSSR count). The Kier molecular flexibility index (Phi) is 5.64. The monoisotopic (exact) mass is 471 g/mol. The highest BCUT2D eigenvalue weighted by Gasteiger charge is 2.55. The van der Waals surface area contributed by atoms with Gasteiger partial charge in [0.05, 0.1) is 10.3 Å². The summed E-state index contributed by atoms with van der Waals surface area (Å²) < 4.78 is 29.0. The topological polar surface area (TPSA) is 149 Å². The molecule has 0 bridgehead atoms. The van der Waals surface area contributed by atoms with Crippen LogP contribution in [0.3, 0.4) is 0 Å². The molecule has 0 saturated carbocycles. The maximum atomic E-state index is 15.0. The lowest BCUT2D eigenvalue weighted by molar-refractivity contribution is 0.102. The van der Waals surface area contributed by atoms with E-state index in [9.17, 15) is 13.7 Å². The number of hydrogen-bond acceptors (Lipinski definition) is 8. The van der Waals surface area contributed by atoms with Crippen molar-refractivity contribution >= 4 is 28.1 Å². The smallest absolute Gasteiger partial charge is 0.275 e. The lowest BCUT2D eigenvalue weighted by Gasteiger charge is -2.57. The van der Waals surface area contributed by atoms with Crippen LogP contribution in [0.2, 0.25) is 0 Å². The first-order valence-electron chi connectivity index (χ1n) is 10.5. The van der Waals surface area contributed by atoms with E-state index in [1.165, 1.54) is 18.3 Å². The van der Waals surface area contributed by atoms with Gasteiger partial charge in [0.15, 0.2) is 0 Å². The molecular formula is C22H26FN7O2S. The van der Waals surface area contributed by atoms with Crippen LogP contribution < -0.4 is 15.8 Å². The molecule has 1 saturated heterocycles. The van der Waals surface area contributed by atoms with Crippen molar-refractivity contribution in [3.8, 4) is 6.07 Å². The Morgan fingerprint density at radius 3 is 2.88 bits per heavy atom. The highest BCUT2D eigenvalue weighted by Crippen LogP contribution is 2.62. The average Bonchev–Trinajstić information content (AvgIpc) is 2.76. The van der Waals surface area contributed by atoms with Gasteiger partial charge >= 0.3 is 0 Å². The molecule has 33 heavy (non-hydrogen) atoms. The fraction of sp³-hybridized carbons (Fsp3) is 0.409. The van der Waals surface area contributed by atoms with Crippen LogP contribution in [0, 0.1) is 24.1 Å². The molecular weight excluding hydrogens is 445 g/mol. The molecule has 3 unspecified atom stereocenters. The molecule has 0 aromatic carbocycles. The number of nitrogens with one attached hydrogen (secondary N) is 2. The molecule has 174 valence electrons. The van der Waals surface area contributed by atoms with E-state index in [2.05, 4.69) is 25.0 Å². The SMILES string of the molecule is Cc1cc(C#N)cnc1C(=O)Nc1ccc(F)c(C2(C)CS3(O)NCCCC3(C)C(N)=N2)n1. The van der Waals surface area contributed by atoms with E-state index in [1.807, 2.05) is 13.0 Å². The van der Waals surface area contributed by atoms with Crippen LogP contribution in [0.4, 0.5) is 10.2 Å². The minimum Gasteiger partial charge on any atom is -0.386 e.